The Morgan fingerprint density at radius 3 is 2.64 bits per heavy atom. The molecule has 70 valence electrons. The molecule has 0 bridgehead atoms. The number of aromatic nitrogens is 4. The second-order valence-corrected chi connectivity index (χ2v) is 3.67. The van der Waals surface area contributed by atoms with Crippen LogP contribution in [0.3, 0.4) is 0 Å². The van der Waals surface area contributed by atoms with Gasteiger partial charge >= 0.3 is 0 Å². The summed E-state index contributed by atoms with van der Waals surface area (Å²) in [5.41, 5.74) is 1.15. The smallest absolute Gasteiger partial charge is 0.193 e. The molecule has 0 saturated carbocycles. The maximum Gasteiger partial charge on any atom is 0.193 e. The monoisotopic (exact) mass is 298 g/mol. The Bertz CT molecular complexity index is 418. The molecule has 0 N–H and O–H groups in total. The van der Waals surface area contributed by atoms with Crippen molar-refractivity contribution in [1.82, 2.24) is 19.9 Å². The zero-order chi connectivity index (χ0) is 9.80. The molecule has 2 heterocycles. The van der Waals surface area contributed by atoms with Gasteiger partial charge in [-0.2, -0.15) is 0 Å². The van der Waals surface area contributed by atoms with Gasteiger partial charge in [0, 0.05) is 41.4 Å². The van der Waals surface area contributed by atoms with E-state index >= 15 is 0 Å². The number of rotatable bonds is 2. The van der Waals surface area contributed by atoms with Crippen LogP contribution in [0.25, 0.3) is 0 Å². The summed E-state index contributed by atoms with van der Waals surface area (Å²) in [4.78, 5) is 16.2. The standard InChI is InChI=1S/C9H7IN4/c10-9-13-6-12-8(14-9)5-7-1-3-11-4-2-7/h1-4,6H,5H2. The highest BCUT2D eigenvalue weighted by atomic mass is 127. The maximum absolute atomic E-state index is 4.21. The molecular formula is C9H7IN4. The Balaban J connectivity index is 2.19. The van der Waals surface area contributed by atoms with Crippen LogP contribution < -0.4 is 0 Å². The first-order chi connectivity index (χ1) is 6.84. The van der Waals surface area contributed by atoms with Crippen molar-refractivity contribution < 1.29 is 0 Å². The van der Waals surface area contributed by atoms with Crippen molar-refractivity contribution in [2.45, 2.75) is 6.42 Å². The number of nitrogens with zero attached hydrogens (tertiary/aromatic N) is 4. The van der Waals surface area contributed by atoms with Crippen molar-refractivity contribution in [1.29, 1.82) is 0 Å². The van der Waals surface area contributed by atoms with Gasteiger partial charge in [-0.25, -0.2) is 15.0 Å². The van der Waals surface area contributed by atoms with Crippen LogP contribution in [-0.2, 0) is 6.42 Å². The quantitative estimate of drug-likeness (QED) is 0.788. The lowest BCUT2D eigenvalue weighted by Gasteiger charge is -1.98. The molecule has 0 saturated heterocycles. The predicted molar refractivity (Wildman–Crippen MR) is 59.6 cm³/mol. The number of hydrogen-bond donors (Lipinski definition) is 0. The Kier molecular flexibility index (Phi) is 2.97. The van der Waals surface area contributed by atoms with E-state index < -0.39 is 0 Å². The second kappa shape index (κ2) is 4.41. The minimum absolute atomic E-state index is 0.723. The first-order valence-corrected chi connectivity index (χ1v) is 5.15. The summed E-state index contributed by atoms with van der Waals surface area (Å²) in [5, 5.41) is 0. The summed E-state index contributed by atoms with van der Waals surface area (Å²) >= 11 is 2.07. The molecule has 14 heavy (non-hydrogen) atoms. The average Bonchev–Trinajstić information content (AvgIpc) is 2.19. The van der Waals surface area contributed by atoms with Crippen LogP contribution in [0.15, 0.2) is 30.9 Å². The summed E-state index contributed by atoms with van der Waals surface area (Å²) in [7, 11) is 0. The third kappa shape index (κ3) is 2.44. The fraction of sp³-hybridized carbons (Fsp3) is 0.111. The highest BCUT2D eigenvalue weighted by Crippen LogP contribution is 2.03. The molecule has 0 radical (unpaired) electrons. The molecule has 2 rings (SSSR count). The van der Waals surface area contributed by atoms with Gasteiger partial charge < -0.3 is 0 Å². The van der Waals surface area contributed by atoms with E-state index in [0.717, 1.165) is 21.6 Å². The Labute approximate surface area is 95.0 Å². The average molecular weight is 298 g/mol. The number of halogens is 1. The van der Waals surface area contributed by atoms with Crippen LogP contribution in [0.5, 0.6) is 0 Å². The van der Waals surface area contributed by atoms with Gasteiger partial charge in [0.05, 0.1) is 0 Å². The van der Waals surface area contributed by atoms with Crippen LogP contribution in [-0.4, -0.2) is 19.9 Å². The molecule has 0 aliphatic rings. The summed E-state index contributed by atoms with van der Waals surface area (Å²) < 4.78 is 0.724. The fourth-order valence-electron chi connectivity index (χ4n) is 1.08. The molecule has 5 heteroatoms. The first-order valence-electron chi connectivity index (χ1n) is 4.07. The van der Waals surface area contributed by atoms with Crippen molar-refractivity contribution in [3.63, 3.8) is 0 Å². The van der Waals surface area contributed by atoms with Crippen molar-refractivity contribution in [2.75, 3.05) is 0 Å². The summed E-state index contributed by atoms with van der Waals surface area (Å²) in [6, 6.07) is 3.91. The van der Waals surface area contributed by atoms with Gasteiger partial charge in [0.15, 0.2) is 3.83 Å². The third-order valence-electron chi connectivity index (χ3n) is 1.70. The van der Waals surface area contributed by atoms with Gasteiger partial charge in [-0.15, -0.1) is 0 Å². The lowest BCUT2D eigenvalue weighted by Crippen LogP contribution is -1.99. The molecule has 2 aromatic rings. The van der Waals surface area contributed by atoms with Crippen LogP contribution in [0, 0.1) is 3.83 Å². The van der Waals surface area contributed by atoms with E-state index in [1.54, 1.807) is 12.4 Å². The van der Waals surface area contributed by atoms with Gasteiger partial charge in [-0.05, 0) is 17.7 Å². The summed E-state index contributed by atoms with van der Waals surface area (Å²) in [6.45, 7) is 0. The molecule has 0 spiro atoms. The van der Waals surface area contributed by atoms with Gasteiger partial charge in [0.25, 0.3) is 0 Å². The van der Waals surface area contributed by atoms with Crippen molar-refractivity contribution in [3.8, 4) is 0 Å². The number of pyridine rings is 1. The lowest BCUT2D eigenvalue weighted by atomic mass is 10.2. The van der Waals surface area contributed by atoms with Crippen LogP contribution in [0.4, 0.5) is 0 Å². The molecule has 4 nitrogen and oxygen atoms in total. The van der Waals surface area contributed by atoms with E-state index in [9.17, 15) is 0 Å². The zero-order valence-electron chi connectivity index (χ0n) is 7.26. The van der Waals surface area contributed by atoms with Gasteiger partial charge in [0.2, 0.25) is 0 Å². The first kappa shape index (κ1) is 9.45. The number of hydrogen-bond acceptors (Lipinski definition) is 4. The molecular weight excluding hydrogens is 291 g/mol. The summed E-state index contributed by atoms with van der Waals surface area (Å²) in [5.74, 6) is 0.788. The van der Waals surface area contributed by atoms with Crippen molar-refractivity contribution >= 4 is 22.6 Å². The van der Waals surface area contributed by atoms with E-state index in [0.29, 0.717) is 0 Å². The second-order valence-electron chi connectivity index (χ2n) is 2.70. The SMILES string of the molecule is Ic1ncnc(Cc2ccncc2)n1. The topological polar surface area (TPSA) is 51.6 Å². The van der Waals surface area contributed by atoms with Crippen LogP contribution in [0.1, 0.15) is 11.4 Å². The minimum atomic E-state index is 0.723. The largest absolute Gasteiger partial charge is 0.265 e. The molecule has 0 unspecified atom stereocenters. The van der Waals surface area contributed by atoms with Crippen molar-refractivity contribution in [3.05, 3.63) is 46.1 Å². The Hall–Kier alpha value is -1.11. The third-order valence-corrected chi connectivity index (χ3v) is 2.22. The fourth-order valence-corrected chi connectivity index (χ4v) is 1.48. The Morgan fingerprint density at radius 2 is 1.93 bits per heavy atom. The molecule has 0 atom stereocenters. The van der Waals surface area contributed by atoms with E-state index in [-0.39, 0.29) is 0 Å². The molecule has 0 aliphatic heterocycles. The molecule has 0 amide bonds. The van der Waals surface area contributed by atoms with Gasteiger partial charge in [0.1, 0.15) is 12.2 Å². The van der Waals surface area contributed by atoms with E-state index in [1.807, 2.05) is 12.1 Å². The molecule has 0 aliphatic carbocycles. The van der Waals surface area contributed by atoms with Gasteiger partial charge in [-0.3, -0.25) is 4.98 Å². The van der Waals surface area contributed by atoms with Crippen molar-refractivity contribution in [2.24, 2.45) is 0 Å². The van der Waals surface area contributed by atoms with E-state index in [1.165, 1.54) is 6.33 Å². The zero-order valence-corrected chi connectivity index (χ0v) is 9.42. The maximum atomic E-state index is 4.21. The highest BCUT2D eigenvalue weighted by molar-refractivity contribution is 14.1. The normalized spacial score (nSPS) is 10.1. The molecule has 0 fully saturated rings. The Morgan fingerprint density at radius 1 is 1.14 bits per heavy atom. The molecule has 2 aromatic heterocycles. The van der Waals surface area contributed by atoms with Crippen LogP contribution >= 0.6 is 22.6 Å². The summed E-state index contributed by atoms with van der Waals surface area (Å²) in [6.07, 6.45) is 5.79. The highest BCUT2D eigenvalue weighted by Gasteiger charge is 1.99. The lowest BCUT2D eigenvalue weighted by molar-refractivity contribution is 0.892. The van der Waals surface area contributed by atoms with E-state index in [2.05, 4.69) is 42.5 Å². The van der Waals surface area contributed by atoms with E-state index in [4.69, 9.17) is 0 Å². The molecule has 0 aromatic carbocycles. The van der Waals surface area contributed by atoms with Gasteiger partial charge in [-0.1, -0.05) is 0 Å². The predicted octanol–water partition coefficient (Wildman–Crippen LogP) is 1.46. The minimum Gasteiger partial charge on any atom is -0.265 e. The van der Waals surface area contributed by atoms with Crippen LogP contribution in [0.2, 0.25) is 0 Å².